The van der Waals surface area contributed by atoms with Crippen LogP contribution in [0.4, 0.5) is 0 Å². The highest BCUT2D eigenvalue weighted by Crippen LogP contribution is 2.29. The maximum absolute atomic E-state index is 13.6. The Morgan fingerprint density at radius 3 is 2.39 bits per heavy atom. The number of fused-ring (bicyclic) bond motifs is 3. The minimum atomic E-state index is -0.683. The third-order valence-corrected chi connectivity index (χ3v) is 6.37. The average molecular weight is 488 g/mol. The zero-order valence-electron chi connectivity index (χ0n) is 20.4. The van der Waals surface area contributed by atoms with Gasteiger partial charge in [0.1, 0.15) is 18.9 Å². The SMILES string of the molecule is COc1ccccc1-n1c(C)c(C)n2c3c(=O)n(CC(=O)OCc4ccccc4)c(=O)n(C)c3nc12. The molecular formula is C26H25N5O5. The Hall–Kier alpha value is -4.60. The summed E-state index contributed by atoms with van der Waals surface area (Å²) in [6.45, 7) is 3.34. The number of carbonyl (C=O) groups is 1. The predicted octanol–water partition coefficient (Wildman–Crippen LogP) is 2.51. The van der Waals surface area contributed by atoms with Crippen LogP contribution in [0.1, 0.15) is 17.0 Å². The third-order valence-electron chi connectivity index (χ3n) is 6.37. The third kappa shape index (κ3) is 3.58. The molecule has 36 heavy (non-hydrogen) atoms. The average Bonchev–Trinajstić information content (AvgIpc) is 3.39. The van der Waals surface area contributed by atoms with Crippen molar-refractivity contribution in [3.05, 3.63) is 92.4 Å². The monoisotopic (exact) mass is 487 g/mol. The molecule has 184 valence electrons. The van der Waals surface area contributed by atoms with Crippen LogP contribution in [-0.4, -0.2) is 36.2 Å². The normalized spacial score (nSPS) is 11.3. The van der Waals surface area contributed by atoms with Crippen LogP contribution in [0.15, 0.2) is 64.2 Å². The number of carbonyl (C=O) groups excluding carboxylic acids is 1. The Labute approximate surface area is 205 Å². The lowest BCUT2D eigenvalue weighted by atomic mass is 10.2. The van der Waals surface area contributed by atoms with Gasteiger partial charge in [-0.25, -0.2) is 9.36 Å². The molecule has 0 N–H and O–H groups in total. The van der Waals surface area contributed by atoms with Gasteiger partial charge in [-0.05, 0) is 31.5 Å². The van der Waals surface area contributed by atoms with Gasteiger partial charge in [-0.3, -0.25) is 23.1 Å². The summed E-state index contributed by atoms with van der Waals surface area (Å²) in [5.74, 6) is 0.413. The van der Waals surface area contributed by atoms with Crippen LogP contribution in [0.2, 0.25) is 0 Å². The minimum Gasteiger partial charge on any atom is -0.495 e. The highest BCUT2D eigenvalue weighted by atomic mass is 16.5. The molecule has 0 radical (unpaired) electrons. The molecule has 0 fully saturated rings. The fraction of sp³-hybridized carbons (Fsp3) is 0.231. The first-order chi connectivity index (χ1) is 17.3. The highest BCUT2D eigenvalue weighted by molar-refractivity contribution is 5.78. The molecule has 10 heteroatoms. The molecule has 0 amide bonds. The number of aromatic nitrogens is 5. The Balaban J connectivity index is 1.65. The summed E-state index contributed by atoms with van der Waals surface area (Å²) in [5, 5.41) is 0. The number of methoxy groups -OCH3 is 1. The summed E-state index contributed by atoms with van der Waals surface area (Å²) < 4.78 is 16.6. The Bertz CT molecular complexity index is 1740. The van der Waals surface area contributed by atoms with Gasteiger partial charge in [0.05, 0.1) is 12.8 Å². The van der Waals surface area contributed by atoms with Crippen molar-refractivity contribution < 1.29 is 14.3 Å². The fourth-order valence-corrected chi connectivity index (χ4v) is 4.41. The van der Waals surface area contributed by atoms with Gasteiger partial charge in [0.2, 0.25) is 5.78 Å². The predicted molar refractivity (Wildman–Crippen MR) is 134 cm³/mol. The fourth-order valence-electron chi connectivity index (χ4n) is 4.41. The molecule has 0 aliphatic heterocycles. The molecule has 5 rings (SSSR count). The number of ether oxygens (including phenoxy) is 2. The van der Waals surface area contributed by atoms with E-state index in [1.807, 2.05) is 73.0 Å². The molecule has 0 spiro atoms. The number of nitrogens with zero attached hydrogens (tertiary/aromatic N) is 5. The van der Waals surface area contributed by atoms with Gasteiger partial charge in [0.15, 0.2) is 11.2 Å². The molecule has 0 atom stereocenters. The topological polar surface area (TPSA) is 102 Å². The van der Waals surface area contributed by atoms with E-state index in [1.54, 1.807) is 11.5 Å². The van der Waals surface area contributed by atoms with E-state index in [0.29, 0.717) is 11.5 Å². The summed E-state index contributed by atoms with van der Waals surface area (Å²) in [4.78, 5) is 43.8. The molecule has 0 aliphatic rings. The van der Waals surface area contributed by atoms with Gasteiger partial charge in [-0.2, -0.15) is 4.98 Å². The van der Waals surface area contributed by atoms with Crippen LogP contribution < -0.4 is 16.0 Å². The smallest absolute Gasteiger partial charge is 0.333 e. The van der Waals surface area contributed by atoms with Crippen LogP contribution in [0, 0.1) is 13.8 Å². The van der Waals surface area contributed by atoms with Crippen molar-refractivity contribution in [2.24, 2.45) is 7.05 Å². The first-order valence-corrected chi connectivity index (χ1v) is 11.4. The largest absolute Gasteiger partial charge is 0.495 e. The lowest BCUT2D eigenvalue weighted by Crippen LogP contribution is -2.41. The Morgan fingerprint density at radius 2 is 1.67 bits per heavy atom. The molecular weight excluding hydrogens is 462 g/mol. The van der Waals surface area contributed by atoms with E-state index in [1.165, 1.54) is 11.6 Å². The first-order valence-electron chi connectivity index (χ1n) is 11.4. The number of aryl methyl sites for hydroxylation is 2. The van der Waals surface area contributed by atoms with Crippen molar-refractivity contribution in [1.29, 1.82) is 0 Å². The molecule has 2 aromatic carbocycles. The number of hydrogen-bond donors (Lipinski definition) is 0. The van der Waals surface area contributed by atoms with Gasteiger partial charge in [0, 0.05) is 18.4 Å². The van der Waals surface area contributed by atoms with E-state index in [0.717, 1.165) is 27.2 Å². The zero-order valence-corrected chi connectivity index (χ0v) is 20.4. The minimum absolute atomic E-state index is 0.0496. The van der Waals surface area contributed by atoms with Crippen molar-refractivity contribution in [2.45, 2.75) is 27.0 Å². The number of para-hydroxylation sites is 2. The summed E-state index contributed by atoms with van der Waals surface area (Å²) in [6.07, 6.45) is 0. The lowest BCUT2D eigenvalue weighted by Gasteiger charge is -2.11. The summed E-state index contributed by atoms with van der Waals surface area (Å²) in [7, 11) is 3.11. The molecule has 0 saturated heterocycles. The van der Waals surface area contributed by atoms with Crippen molar-refractivity contribution >= 4 is 22.9 Å². The van der Waals surface area contributed by atoms with Crippen LogP contribution in [0.25, 0.3) is 22.6 Å². The van der Waals surface area contributed by atoms with Gasteiger partial charge < -0.3 is 9.47 Å². The van der Waals surface area contributed by atoms with Crippen molar-refractivity contribution in [3.8, 4) is 11.4 Å². The van der Waals surface area contributed by atoms with Crippen LogP contribution in [0.3, 0.4) is 0 Å². The van der Waals surface area contributed by atoms with Crippen molar-refractivity contribution in [1.82, 2.24) is 23.1 Å². The molecule has 0 unspecified atom stereocenters. The van der Waals surface area contributed by atoms with E-state index in [9.17, 15) is 14.4 Å². The van der Waals surface area contributed by atoms with Crippen LogP contribution >= 0.6 is 0 Å². The van der Waals surface area contributed by atoms with Crippen molar-refractivity contribution in [3.63, 3.8) is 0 Å². The van der Waals surface area contributed by atoms with E-state index in [-0.39, 0.29) is 17.8 Å². The molecule has 0 saturated carbocycles. The number of benzene rings is 2. The standard InChI is InChI=1S/C26H25N5O5/c1-16-17(2)31-22-23(27-25(31)30(16)19-12-8-9-13-20(19)35-4)28(3)26(34)29(24(22)33)14-21(32)36-15-18-10-6-5-7-11-18/h5-13H,14-15H2,1-4H3. The molecule has 5 aromatic rings. The summed E-state index contributed by atoms with van der Waals surface area (Å²) in [5.41, 5.74) is 2.35. The summed E-state index contributed by atoms with van der Waals surface area (Å²) >= 11 is 0. The zero-order chi connectivity index (χ0) is 25.6. The second-order valence-electron chi connectivity index (χ2n) is 8.48. The second kappa shape index (κ2) is 8.88. The molecule has 3 heterocycles. The molecule has 10 nitrogen and oxygen atoms in total. The maximum atomic E-state index is 13.6. The maximum Gasteiger partial charge on any atom is 0.333 e. The van der Waals surface area contributed by atoms with Gasteiger partial charge in [-0.1, -0.05) is 42.5 Å². The van der Waals surface area contributed by atoms with Crippen LogP contribution in [-0.2, 0) is 29.7 Å². The number of rotatable bonds is 6. The van der Waals surface area contributed by atoms with E-state index in [2.05, 4.69) is 4.98 Å². The highest BCUT2D eigenvalue weighted by Gasteiger charge is 2.25. The van der Waals surface area contributed by atoms with E-state index < -0.39 is 23.8 Å². The quantitative estimate of drug-likeness (QED) is 0.341. The Kier molecular flexibility index (Phi) is 5.71. The van der Waals surface area contributed by atoms with Gasteiger partial charge >= 0.3 is 11.7 Å². The molecule has 3 aromatic heterocycles. The van der Waals surface area contributed by atoms with Crippen LogP contribution in [0.5, 0.6) is 5.75 Å². The lowest BCUT2D eigenvalue weighted by molar-refractivity contribution is -0.145. The second-order valence-corrected chi connectivity index (χ2v) is 8.48. The number of imidazole rings is 2. The van der Waals surface area contributed by atoms with Gasteiger partial charge in [-0.15, -0.1) is 0 Å². The molecule has 0 aliphatic carbocycles. The Morgan fingerprint density at radius 1 is 0.972 bits per heavy atom. The van der Waals surface area contributed by atoms with Crippen molar-refractivity contribution in [2.75, 3.05) is 7.11 Å². The van der Waals surface area contributed by atoms with Gasteiger partial charge in [0.25, 0.3) is 5.56 Å². The number of hydrogen-bond acceptors (Lipinski definition) is 6. The van der Waals surface area contributed by atoms with E-state index >= 15 is 0 Å². The number of esters is 1. The summed E-state index contributed by atoms with van der Waals surface area (Å²) in [6, 6.07) is 16.7. The first kappa shape index (κ1) is 23.2. The van der Waals surface area contributed by atoms with E-state index in [4.69, 9.17) is 9.47 Å². The molecule has 0 bridgehead atoms.